The van der Waals surface area contributed by atoms with Crippen molar-refractivity contribution in [1.82, 2.24) is 9.88 Å². The molecule has 0 aromatic carbocycles. The van der Waals surface area contributed by atoms with Crippen LogP contribution in [0.25, 0.3) is 0 Å². The highest BCUT2D eigenvalue weighted by Gasteiger charge is 2.20. The summed E-state index contributed by atoms with van der Waals surface area (Å²) in [5.41, 5.74) is 1.85. The minimum atomic E-state index is -0.00350. The molecular formula is C12H13BrN2O. The molecule has 0 saturated carbocycles. The van der Waals surface area contributed by atoms with Gasteiger partial charge in [0.2, 0.25) is 0 Å². The fourth-order valence-electron chi connectivity index (χ4n) is 1.65. The van der Waals surface area contributed by atoms with Crippen LogP contribution in [-0.4, -0.2) is 28.9 Å². The molecule has 16 heavy (non-hydrogen) atoms. The van der Waals surface area contributed by atoms with Crippen LogP contribution in [0.2, 0.25) is 0 Å². The lowest BCUT2D eigenvalue weighted by molar-refractivity contribution is 0.0762. The van der Waals surface area contributed by atoms with Gasteiger partial charge in [0.1, 0.15) is 5.69 Å². The fraction of sp³-hybridized carbons (Fsp3) is 0.333. The van der Waals surface area contributed by atoms with E-state index in [4.69, 9.17) is 0 Å². The molecule has 1 aliphatic rings. The fourth-order valence-corrected chi connectivity index (χ4v) is 2.07. The first-order chi connectivity index (χ1) is 7.68. The van der Waals surface area contributed by atoms with E-state index in [1.165, 1.54) is 5.57 Å². The van der Waals surface area contributed by atoms with E-state index in [0.29, 0.717) is 12.2 Å². The number of rotatable bonds is 1. The van der Waals surface area contributed by atoms with E-state index in [1.807, 2.05) is 11.0 Å². The van der Waals surface area contributed by atoms with Gasteiger partial charge in [-0.05, 0) is 41.4 Å². The second-order valence-corrected chi connectivity index (χ2v) is 4.74. The number of hydrogen-bond acceptors (Lipinski definition) is 2. The summed E-state index contributed by atoms with van der Waals surface area (Å²) in [5, 5.41) is 0. The van der Waals surface area contributed by atoms with Crippen LogP contribution in [0.4, 0.5) is 0 Å². The maximum absolute atomic E-state index is 12.1. The van der Waals surface area contributed by atoms with Gasteiger partial charge in [0, 0.05) is 23.8 Å². The van der Waals surface area contributed by atoms with Crippen LogP contribution in [0.5, 0.6) is 0 Å². The lowest BCUT2D eigenvalue weighted by atomic mass is 10.1. The molecule has 0 atom stereocenters. The first kappa shape index (κ1) is 11.3. The minimum Gasteiger partial charge on any atom is -0.333 e. The second-order valence-electron chi connectivity index (χ2n) is 3.89. The Balaban J connectivity index is 2.18. The van der Waals surface area contributed by atoms with Crippen LogP contribution >= 0.6 is 15.9 Å². The van der Waals surface area contributed by atoms with E-state index >= 15 is 0 Å². The van der Waals surface area contributed by atoms with Crippen LogP contribution in [0.3, 0.4) is 0 Å². The summed E-state index contributed by atoms with van der Waals surface area (Å²) in [5.74, 6) is -0.00350. The Kier molecular flexibility index (Phi) is 3.39. The second kappa shape index (κ2) is 4.78. The van der Waals surface area contributed by atoms with Crippen molar-refractivity contribution in [2.45, 2.75) is 13.3 Å². The van der Waals surface area contributed by atoms with Gasteiger partial charge in [-0.15, -0.1) is 0 Å². The molecule has 0 N–H and O–H groups in total. The smallest absolute Gasteiger partial charge is 0.273 e. The van der Waals surface area contributed by atoms with Crippen molar-refractivity contribution in [1.29, 1.82) is 0 Å². The molecule has 1 aromatic rings. The van der Waals surface area contributed by atoms with Gasteiger partial charge < -0.3 is 4.90 Å². The quantitative estimate of drug-likeness (QED) is 0.741. The molecule has 2 heterocycles. The third-order valence-electron chi connectivity index (χ3n) is 2.68. The van der Waals surface area contributed by atoms with Gasteiger partial charge in [-0.25, -0.2) is 4.98 Å². The van der Waals surface area contributed by atoms with Gasteiger partial charge in [0.15, 0.2) is 0 Å². The van der Waals surface area contributed by atoms with Crippen LogP contribution < -0.4 is 0 Å². The van der Waals surface area contributed by atoms with E-state index in [0.717, 1.165) is 17.4 Å². The van der Waals surface area contributed by atoms with Gasteiger partial charge >= 0.3 is 0 Å². The molecule has 1 amide bonds. The van der Waals surface area contributed by atoms with Crippen LogP contribution in [0.15, 0.2) is 34.5 Å². The summed E-state index contributed by atoms with van der Waals surface area (Å²) in [4.78, 5) is 18.1. The van der Waals surface area contributed by atoms with Gasteiger partial charge in [0.25, 0.3) is 5.91 Å². The Morgan fingerprint density at radius 1 is 1.56 bits per heavy atom. The number of halogens is 1. The predicted octanol–water partition coefficient (Wildman–Crippen LogP) is 2.64. The Labute approximate surface area is 103 Å². The average Bonchev–Trinajstić information content (AvgIpc) is 2.30. The van der Waals surface area contributed by atoms with Gasteiger partial charge in [-0.3, -0.25) is 4.79 Å². The van der Waals surface area contributed by atoms with E-state index in [9.17, 15) is 4.79 Å². The Hall–Kier alpha value is -1.16. The topological polar surface area (TPSA) is 33.2 Å². The van der Waals surface area contributed by atoms with Crippen molar-refractivity contribution in [2.75, 3.05) is 13.1 Å². The standard InChI is InChI=1S/C12H13BrN2O/c1-9-4-7-15(8-5-9)12(16)11-10(13)3-2-6-14-11/h2-4,6H,5,7-8H2,1H3. The summed E-state index contributed by atoms with van der Waals surface area (Å²) >= 11 is 3.35. The van der Waals surface area contributed by atoms with Crippen LogP contribution in [0, 0.1) is 0 Å². The third kappa shape index (κ3) is 2.32. The number of carbonyl (C=O) groups excluding carboxylic acids is 1. The lowest BCUT2D eigenvalue weighted by Gasteiger charge is -2.25. The highest BCUT2D eigenvalue weighted by Crippen LogP contribution is 2.18. The number of amides is 1. The average molecular weight is 281 g/mol. The number of aromatic nitrogens is 1. The predicted molar refractivity (Wildman–Crippen MR) is 66.2 cm³/mol. The van der Waals surface area contributed by atoms with Crippen molar-refractivity contribution in [3.63, 3.8) is 0 Å². The minimum absolute atomic E-state index is 0.00350. The van der Waals surface area contributed by atoms with E-state index < -0.39 is 0 Å². The van der Waals surface area contributed by atoms with Gasteiger partial charge in [-0.2, -0.15) is 0 Å². The first-order valence-corrected chi connectivity index (χ1v) is 6.03. The molecule has 3 nitrogen and oxygen atoms in total. The monoisotopic (exact) mass is 280 g/mol. The molecular weight excluding hydrogens is 268 g/mol. The highest BCUT2D eigenvalue weighted by atomic mass is 79.9. The van der Waals surface area contributed by atoms with Crippen molar-refractivity contribution in [3.05, 3.63) is 40.1 Å². The lowest BCUT2D eigenvalue weighted by Crippen LogP contribution is -2.35. The molecule has 0 aliphatic carbocycles. The SMILES string of the molecule is CC1=CCN(C(=O)c2ncccc2Br)CC1. The zero-order valence-corrected chi connectivity index (χ0v) is 10.7. The van der Waals surface area contributed by atoms with E-state index in [1.54, 1.807) is 12.3 Å². The Morgan fingerprint density at radius 2 is 2.38 bits per heavy atom. The molecule has 1 aliphatic heterocycles. The molecule has 0 saturated heterocycles. The number of carbonyl (C=O) groups is 1. The Morgan fingerprint density at radius 3 is 3.00 bits per heavy atom. The van der Waals surface area contributed by atoms with Crippen molar-refractivity contribution in [2.24, 2.45) is 0 Å². The first-order valence-electron chi connectivity index (χ1n) is 5.24. The van der Waals surface area contributed by atoms with Gasteiger partial charge in [-0.1, -0.05) is 11.6 Å². The number of hydrogen-bond donors (Lipinski definition) is 0. The molecule has 2 rings (SSSR count). The van der Waals surface area contributed by atoms with Crippen LogP contribution in [-0.2, 0) is 0 Å². The molecule has 1 aromatic heterocycles. The normalized spacial score (nSPS) is 15.9. The number of pyridine rings is 1. The van der Waals surface area contributed by atoms with E-state index in [-0.39, 0.29) is 5.91 Å². The molecule has 0 bridgehead atoms. The van der Waals surface area contributed by atoms with Crippen molar-refractivity contribution in [3.8, 4) is 0 Å². The summed E-state index contributed by atoms with van der Waals surface area (Å²) < 4.78 is 0.756. The highest BCUT2D eigenvalue weighted by molar-refractivity contribution is 9.10. The van der Waals surface area contributed by atoms with Crippen LogP contribution in [0.1, 0.15) is 23.8 Å². The van der Waals surface area contributed by atoms with Crippen molar-refractivity contribution < 1.29 is 4.79 Å². The van der Waals surface area contributed by atoms with E-state index in [2.05, 4.69) is 33.9 Å². The number of nitrogens with zero attached hydrogens (tertiary/aromatic N) is 2. The van der Waals surface area contributed by atoms with Crippen molar-refractivity contribution >= 4 is 21.8 Å². The molecule has 0 unspecified atom stereocenters. The van der Waals surface area contributed by atoms with Gasteiger partial charge in [0.05, 0.1) is 0 Å². The zero-order chi connectivity index (χ0) is 11.5. The largest absolute Gasteiger partial charge is 0.333 e. The molecule has 4 heteroatoms. The molecule has 0 radical (unpaired) electrons. The zero-order valence-electron chi connectivity index (χ0n) is 9.11. The molecule has 0 fully saturated rings. The summed E-state index contributed by atoms with van der Waals surface area (Å²) in [6.07, 6.45) is 4.69. The third-order valence-corrected chi connectivity index (χ3v) is 3.32. The summed E-state index contributed by atoms with van der Waals surface area (Å²) in [6, 6.07) is 3.65. The molecule has 84 valence electrons. The molecule has 0 spiro atoms. The maximum atomic E-state index is 12.1. The Bertz CT molecular complexity index is 442. The maximum Gasteiger partial charge on any atom is 0.273 e. The summed E-state index contributed by atoms with van der Waals surface area (Å²) in [7, 11) is 0. The summed E-state index contributed by atoms with van der Waals surface area (Å²) in [6.45, 7) is 3.57.